The van der Waals surface area contributed by atoms with E-state index in [9.17, 15) is 14.9 Å². The van der Waals surface area contributed by atoms with Crippen molar-refractivity contribution in [3.05, 3.63) is 56.6 Å². The molecule has 154 valence electrons. The van der Waals surface area contributed by atoms with Gasteiger partial charge in [0.25, 0.3) is 11.6 Å². The van der Waals surface area contributed by atoms with Crippen LogP contribution in [0.2, 0.25) is 5.02 Å². The Bertz CT molecular complexity index is 905. The number of nitro benzene ring substituents is 1. The molecule has 0 aliphatic carbocycles. The predicted octanol–water partition coefficient (Wildman–Crippen LogP) is 3.72. The summed E-state index contributed by atoms with van der Waals surface area (Å²) < 4.78 is 11.0. The van der Waals surface area contributed by atoms with Gasteiger partial charge in [-0.25, -0.2) is 0 Å². The Kier molecular flexibility index (Phi) is 6.56. The van der Waals surface area contributed by atoms with Crippen molar-refractivity contribution in [2.75, 3.05) is 43.1 Å². The number of amides is 1. The Morgan fingerprint density at radius 1 is 1.28 bits per heavy atom. The van der Waals surface area contributed by atoms with Crippen LogP contribution in [0.1, 0.15) is 11.1 Å². The number of nitro groups is 1. The molecule has 1 aliphatic rings. The third-order valence-corrected chi connectivity index (χ3v) is 4.82. The van der Waals surface area contributed by atoms with Gasteiger partial charge >= 0.3 is 0 Å². The fourth-order valence-corrected chi connectivity index (χ4v) is 3.59. The van der Waals surface area contributed by atoms with Crippen LogP contribution in [0.15, 0.2) is 30.3 Å². The van der Waals surface area contributed by atoms with Gasteiger partial charge in [-0.3, -0.25) is 14.9 Å². The molecular formula is C20H22ClN3O5. The molecule has 0 spiro atoms. The van der Waals surface area contributed by atoms with E-state index in [1.54, 1.807) is 6.07 Å². The summed E-state index contributed by atoms with van der Waals surface area (Å²) in [6.45, 7) is 5.76. The highest BCUT2D eigenvalue weighted by Gasteiger charge is 2.20. The van der Waals surface area contributed by atoms with E-state index in [1.165, 1.54) is 18.2 Å². The smallest absolute Gasteiger partial charge is 0.271 e. The van der Waals surface area contributed by atoms with Gasteiger partial charge in [-0.15, -0.1) is 0 Å². The van der Waals surface area contributed by atoms with E-state index in [4.69, 9.17) is 21.1 Å². The normalized spacial score (nSPS) is 13.8. The largest absolute Gasteiger partial charge is 0.482 e. The van der Waals surface area contributed by atoms with Crippen molar-refractivity contribution in [2.45, 2.75) is 13.8 Å². The molecule has 0 aromatic heterocycles. The summed E-state index contributed by atoms with van der Waals surface area (Å²) in [5.41, 5.74) is 2.87. The molecule has 29 heavy (non-hydrogen) atoms. The third-order valence-electron chi connectivity index (χ3n) is 4.54. The van der Waals surface area contributed by atoms with Gasteiger partial charge in [0.15, 0.2) is 6.61 Å². The number of morpholine rings is 1. The minimum absolute atomic E-state index is 0.0391. The van der Waals surface area contributed by atoms with Gasteiger partial charge in [-0.1, -0.05) is 17.7 Å². The van der Waals surface area contributed by atoms with Gasteiger partial charge in [0, 0.05) is 25.2 Å². The fourth-order valence-electron chi connectivity index (χ4n) is 3.21. The minimum Gasteiger partial charge on any atom is -0.482 e. The Balaban J connectivity index is 1.75. The second kappa shape index (κ2) is 9.11. The number of carbonyl (C=O) groups excluding carboxylic acids is 1. The SMILES string of the molecule is Cc1cc(C)c(OCC(=O)Nc2ccc([N+](=O)[O-])cc2N2CCOCC2)c(Cl)c1. The monoisotopic (exact) mass is 419 g/mol. The molecule has 0 atom stereocenters. The number of aryl methyl sites for hydroxylation is 2. The van der Waals surface area contributed by atoms with E-state index >= 15 is 0 Å². The fraction of sp³-hybridized carbons (Fsp3) is 0.350. The van der Waals surface area contributed by atoms with E-state index in [-0.39, 0.29) is 18.2 Å². The second-order valence-electron chi connectivity index (χ2n) is 6.79. The summed E-state index contributed by atoms with van der Waals surface area (Å²) in [7, 11) is 0. The van der Waals surface area contributed by atoms with Crippen LogP contribution >= 0.6 is 11.6 Å². The summed E-state index contributed by atoms with van der Waals surface area (Å²) in [5.74, 6) is 0.0777. The summed E-state index contributed by atoms with van der Waals surface area (Å²) in [5, 5.41) is 14.4. The van der Waals surface area contributed by atoms with Crippen LogP contribution < -0.4 is 15.0 Å². The first-order valence-corrected chi connectivity index (χ1v) is 9.53. The quantitative estimate of drug-likeness (QED) is 0.566. The van der Waals surface area contributed by atoms with Gasteiger partial charge in [0.2, 0.25) is 0 Å². The Morgan fingerprint density at radius 2 is 2.00 bits per heavy atom. The maximum absolute atomic E-state index is 12.5. The first kappa shape index (κ1) is 20.9. The molecule has 1 fully saturated rings. The van der Waals surface area contributed by atoms with Crippen LogP contribution in [-0.4, -0.2) is 43.7 Å². The van der Waals surface area contributed by atoms with E-state index < -0.39 is 4.92 Å². The lowest BCUT2D eigenvalue weighted by atomic mass is 10.1. The Labute approximate surface area is 173 Å². The average molecular weight is 420 g/mol. The van der Waals surface area contributed by atoms with Crippen molar-refractivity contribution < 1.29 is 19.2 Å². The molecule has 1 N–H and O–H groups in total. The van der Waals surface area contributed by atoms with Gasteiger partial charge in [0.05, 0.1) is 34.5 Å². The first-order chi connectivity index (χ1) is 13.8. The molecule has 9 heteroatoms. The summed E-state index contributed by atoms with van der Waals surface area (Å²) in [4.78, 5) is 25.1. The molecule has 0 bridgehead atoms. The number of non-ortho nitro benzene ring substituents is 1. The number of nitrogens with one attached hydrogen (secondary N) is 1. The second-order valence-corrected chi connectivity index (χ2v) is 7.19. The number of halogens is 1. The van der Waals surface area contributed by atoms with Gasteiger partial charge in [-0.05, 0) is 37.1 Å². The van der Waals surface area contributed by atoms with Crippen molar-refractivity contribution in [3.63, 3.8) is 0 Å². The molecule has 2 aromatic rings. The molecule has 0 unspecified atom stereocenters. The highest BCUT2D eigenvalue weighted by molar-refractivity contribution is 6.32. The third kappa shape index (κ3) is 5.16. The molecule has 1 amide bonds. The standard InChI is InChI=1S/C20H22ClN3O5/c1-13-9-14(2)20(16(21)10-13)29-12-19(25)22-17-4-3-15(24(26)27)11-18(17)23-5-7-28-8-6-23/h3-4,9-11H,5-8,12H2,1-2H3,(H,22,25). The number of hydrogen-bond donors (Lipinski definition) is 1. The van der Waals surface area contributed by atoms with Gasteiger partial charge in [0.1, 0.15) is 5.75 Å². The Hall–Kier alpha value is -2.84. The molecule has 0 saturated carbocycles. The van der Waals surface area contributed by atoms with Crippen LogP contribution in [-0.2, 0) is 9.53 Å². The predicted molar refractivity (Wildman–Crippen MR) is 111 cm³/mol. The van der Waals surface area contributed by atoms with Crippen molar-refractivity contribution in [2.24, 2.45) is 0 Å². The van der Waals surface area contributed by atoms with Crippen molar-refractivity contribution in [3.8, 4) is 5.75 Å². The van der Waals surface area contributed by atoms with Crippen LogP contribution in [0.25, 0.3) is 0 Å². The van der Waals surface area contributed by atoms with Crippen molar-refractivity contribution in [1.29, 1.82) is 0 Å². The lowest BCUT2D eigenvalue weighted by molar-refractivity contribution is -0.384. The Morgan fingerprint density at radius 3 is 2.66 bits per heavy atom. The molecule has 8 nitrogen and oxygen atoms in total. The average Bonchev–Trinajstić information content (AvgIpc) is 2.68. The zero-order valence-corrected chi connectivity index (χ0v) is 17.0. The topological polar surface area (TPSA) is 93.9 Å². The summed E-state index contributed by atoms with van der Waals surface area (Å²) >= 11 is 6.21. The van der Waals surface area contributed by atoms with E-state index in [2.05, 4.69) is 5.32 Å². The number of rotatable bonds is 6. The maximum Gasteiger partial charge on any atom is 0.271 e. The van der Waals surface area contributed by atoms with Gasteiger partial charge in [-0.2, -0.15) is 0 Å². The molecule has 1 saturated heterocycles. The molecule has 0 radical (unpaired) electrons. The molecule has 1 aliphatic heterocycles. The number of hydrogen-bond acceptors (Lipinski definition) is 6. The molecule has 3 rings (SSSR count). The lowest BCUT2D eigenvalue weighted by Crippen LogP contribution is -2.37. The maximum atomic E-state index is 12.5. The lowest BCUT2D eigenvalue weighted by Gasteiger charge is -2.30. The van der Waals surface area contributed by atoms with E-state index in [1.807, 2.05) is 24.8 Å². The number of nitrogens with zero attached hydrogens (tertiary/aromatic N) is 2. The van der Waals surface area contributed by atoms with E-state index in [0.29, 0.717) is 48.5 Å². The zero-order valence-electron chi connectivity index (χ0n) is 16.2. The number of carbonyl (C=O) groups is 1. The number of ether oxygens (including phenoxy) is 2. The summed E-state index contributed by atoms with van der Waals surface area (Å²) in [6.07, 6.45) is 0. The highest BCUT2D eigenvalue weighted by atomic mass is 35.5. The molecule has 1 heterocycles. The van der Waals surface area contributed by atoms with Crippen LogP contribution in [0.4, 0.5) is 17.1 Å². The molecular weight excluding hydrogens is 398 g/mol. The zero-order chi connectivity index (χ0) is 21.0. The molecule has 2 aromatic carbocycles. The number of anilines is 2. The van der Waals surface area contributed by atoms with Crippen LogP contribution in [0.3, 0.4) is 0 Å². The number of benzene rings is 2. The summed E-state index contributed by atoms with van der Waals surface area (Å²) in [6, 6.07) is 8.05. The van der Waals surface area contributed by atoms with E-state index in [0.717, 1.165) is 11.1 Å². The first-order valence-electron chi connectivity index (χ1n) is 9.15. The minimum atomic E-state index is -0.458. The van der Waals surface area contributed by atoms with Gasteiger partial charge < -0.3 is 19.7 Å². The van der Waals surface area contributed by atoms with Crippen LogP contribution in [0.5, 0.6) is 5.75 Å². The highest BCUT2D eigenvalue weighted by Crippen LogP contribution is 2.32. The van der Waals surface area contributed by atoms with Crippen molar-refractivity contribution >= 4 is 34.6 Å². The van der Waals surface area contributed by atoms with Crippen molar-refractivity contribution in [1.82, 2.24) is 0 Å². The van der Waals surface area contributed by atoms with Crippen LogP contribution in [0, 0.1) is 24.0 Å².